The number of carbonyl (C=O) groups is 1. The minimum absolute atomic E-state index is 0.00697. The number of carbonyl (C=O) groups excluding carboxylic acids is 1. The van der Waals surface area contributed by atoms with Crippen molar-refractivity contribution in [3.8, 4) is 0 Å². The van der Waals surface area contributed by atoms with E-state index in [4.69, 9.17) is 4.74 Å². The largest absolute Gasteiger partial charge is 0.381 e. The van der Waals surface area contributed by atoms with Crippen LogP contribution in [-0.4, -0.2) is 25.2 Å². The van der Waals surface area contributed by atoms with E-state index in [0.29, 0.717) is 5.56 Å². The number of aryl methyl sites for hydroxylation is 1. The highest BCUT2D eigenvalue weighted by Gasteiger charge is 2.18. The summed E-state index contributed by atoms with van der Waals surface area (Å²) >= 11 is 3.41. The Morgan fingerprint density at radius 3 is 2.82 bits per heavy atom. The van der Waals surface area contributed by atoms with Crippen LogP contribution in [0.5, 0.6) is 0 Å². The molecule has 0 spiro atoms. The van der Waals surface area contributed by atoms with Gasteiger partial charge in [-0.15, -0.1) is 0 Å². The fourth-order valence-electron chi connectivity index (χ4n) is 1.92. The smallest absolute Gasteiger partial charge is 0.252 e. The Balaban J connectivity index is 2.05. The monoisotopic (exact) mass is 297 g/mol. The molecule has 3 nitrogen and oxygen atoms in total. The number of rotatable bonds is 2. The second-order valence-corrected chi connectivity index (χ2v) is 5.20. The summed E-state index contributed by atoms with van der Waals surface area (Å²) in [4.78, 5) is 12.1. The van der Waals surface area contributed by atoms with Gasteiger partial charge in [0, 0.05) is 23.7 Å². The van der Waals surface area contributed by atoms with Gasteiger partial charge in [-0.3, -0.25) is 4.79 Å². The topological polar surface area (TPSA) is 38.3 Å². The lowest BCUT2D eigenvalue weighted by Gasteiger charge is -2.23. The van der Waals surface area contributed by atoms with Gasteiger partial charge in [0.05, 0.1) is 5.56 Å². The maximum atomic E-state index is 12.1. The van der Waals surface area contributed by atoms with Crippen molar-refractivity contribution in [3.63, 3.8) is 0 Å². The van der Waals surface area contributed by atoms with Crippen LogP contribution in [0.3, 0.4) is 0 Å². The first-order chi connectivity index (χ1) is 8.16. The van der Waals surface area contributed by atoms with Crippen LogP contribution in [0.15, 0.2) is 22.7 Å². The molecule has 0 saturated carbocycles. The third-order valence-corrected chi connectivity index (χ3v) is 3.61. The lowest BCUT2D eigenvalue weighted by molar-refractivity contribution is 0.0696. The summed E-state index contributed by atoms with van der Waals surface area (Å²) in [5, 5.41) is 3.05. The highest BCUT2D eigenvalue weighted by molar-refractivity contribution is 9.10. The Hall–Kier alpha value is -0.870. The third-order valence-electron chi connectivity index (χ3n) is 2.92. The van der Waals surface area contributed by atoms with Crippen molar-refractivity contribution >= 4 is 21.8 Å². The maximum Gasteiger partial charge on any atom is 0.252 e. The highest BCUT2D eigenvalue weighted by Crippen LogP contribution is 2.18. The molecule has 0 aromatic heterocycles. The number of nitrogens with one attached hydrogen (secondary N) is 1. The molecule has 1 aromatic rings. The second kappa shape index (κ2) is 5.65. The molecular weight excluding hydrogens is 282 g/mol. The van der Waals surface area contributed by atoms with Gasteiger partial charge in [0.2, 0.25) is 0 Å². The average molecular weight is 298 g/mol. The van der Waals surface area contributed by atoms with Gasteiger partial charge in [-0.2, -0.15) is 0 Å². The van der Waals surface area contributed by atoms with E-state index in [-0.39, 0.29) is 11.9 Å². The molecule has 4 heteroatoms. The number of ether oxygens (including phenoxy) is 1. The van der Waals surface area contributed by atoms with Crippen molar-refractivity contribution < 1.29 is 9.53 Å². The highest BCUT2D eigenvalue weighted by atomic mass is 79.9. The molecule has 1 amide bonds. The summed E-state index contributed by atoms with van der Waals surface area (Å²) in [6.07, 6.45) is 1.80. The number of halogens is 1. The van der Waals surface area contributed by atoms with Crippen molar-refractivity contribution in [2.45, 2.75) is 25.8 Å². The van der Waals surface area contributed by atoms with Crippen molar-refractivity contribution in [2.75, 3.05) is 13.2 Å². The van der Waals surface area contributed by atoms with Crippen molar-refractivity contribution in [1.29, 1.82) is 0 Å². The molecule has 1 aromatic carbocycles. The molecule has 0 atom stereocenters. The van der Waals surface area contributed by atoms with Gasteiger partial charge >= 0.3 is 0 Å². The van der Waals surface area contributed by atoms with E-state index in [2.05, 4.69) is 21.2 Å². The number of amides is 1. The molecule has 1 N–H and O–H groups in total. The molecule has 1 heterocycles. The first kappa shape index (κ1) is 12.6. The van der Waals surface area contributed by atoms with Crippen molar-refractivity contribution in [3.05, 3.63) is 33.8 Å². The Kier molecular flexibility index (Phi) is 4.18. The Morgan fingerprint density at radius 2 is 2.12 bits per heavy atom. The van der Waals surface area contributed by atoms with E-state index in [0.717, 1.165) is 36.1 Å². The number of hydrogen-bond donors (Lipinski definition) is 1. The van der Waals surface area contributed by atoms with E-state index in [1.165, 1.54) is 0 Å². The SMILES string of the molecule is Cc1ccc(Br)c(C(=O)NC2CCOCC2)c1. The summed E-state index contributed by atoms with van der Waals surface area (Å²) in [6, 6.07) is 6.03. The summed E-state index contributed by atoms with van der Waals surface area (Å²) in [5.74, 6) is -0.00697. The summed E-state index contributed by atoms with van der Waals surface area (Å²) < 4.78 is 6.11. The summed E-state index contributed by atoms with van der Waals surface area (Å²) in [7, 11) is 0. The minimum Gasteiger partial charge on any atom is -0.381 e. The molecule has 0 aliphatic carbocycles. The van der Waals surface area contributed by atoms with E-state index in [1.54, 1.807) is 0 Å². The van der Waals surface area contributed by atoms with Crippen LogP contribution in [0, 0.1) is 6.92 Å². The Morgan fingerprint density at radius 1 is 1.41 bits per heavy atom. The predicted molar refractivity (Wildman–Crippen MR) is 70.2 cm³/mol. The van der Waals surface area contributed by atoms with E-state index < -0.39 is 0 Å². The first-order valence-corrected chi connectivity index (χ1v) is 6.61. The van der Waals surface area contributed by atoms with Gasteiger partial charge in [0.15, 0.2) is 0 Å². The number of benzene rings is 1. The van der Waals surface area contributed by atoms with Crippen LogP contribution < -0.4 is 5.32 Å². The molecule has 92 valence electrons. The lowest BCUT2D eigenvalue weighted by Crippen LogP contribution is -2.39. The average Bonchev–Trinajstić information content (AvgIpc) is 2.33. The molecule has 1 fully saturated rings. The van der Waals surface area contributed by atoms with Gasteiger partial charge in [-0.25, -0.2) is 0 Å². The summed E-state index contributed by atoms with van der Waals surface area (Å²) in [6.45, 7) is 3.46. The van der Waals surface area contributed by atoms with Crippen LogP contribution in [0.4, 0.5) is 0 Å². The van der Waals surface area contributed by atoms with E-state index >= 15 is 0 Å². The molecule has 0 radical (unpaired) electrons. The normalized spacial score (nSPS) is 16.8. The molecule has 1 saturated heterocycles. The van der Waals surface area contributed by atoms with E-state index in [9.17, 15) is 4.79 Å². The Labute approximate surface area is 110 Å². The molecule has 1 aliphatic rings. The molecular formula is C13H16BrNO2. The molecule has 2 rings (SSSR count). The zero-order valence-corrected chi connectivity index (χ0v) is 11.4. The minimum atomic E-state index is -0.00697. The number of hydrogen-bond acceptors (Lipinski definition) is 2. The van der Waals surface area contributed by atoms with Crippen LogP contribution >= 0.6 is 15.9 Å². The third kappa shape index (κ3) is 3.30. The van der Waals surface area contributed by atoms with Crippen LogP contribution in [-0.2, 0) is 4.74 Å². The maximum absolute atomic E-state index is 12.1. The molecule has 1 aliphatic heterocycles. The zero-order chi connectivity index (χ0) is 12.3. The van der Waals surface area contributed by atoms with Gasteiger partial charge in [0.1, 0.15) is 0 Å². The van der Waals surface area contributed by atoms with Crippen molar-refractivity contribution in [1.82, 2.24) is 5.32 Å². The standard InChI is InChI=1S/C13H16BrNO2/c1-9-2-3-12(14)11(8-9)13(16)15-10-4-6-17-7-5-10/h2-3,8,10H,4-7H2,1H3,(H,15,16). The Bertz CT molecular complexity index is 414. The fraction of sp³-hybridized carbons (Fsp3) is 0.462. The van der Waals surface area contributed by atoms with Crippen LogP contribution in [0.1, 0.15) is 28.8 Å². The first-order valence-electron chi connectivity index (χ1n) is 5.81. The van der Waals surface area contributed by atoms with Crippen LogP contribution in [0.25, 0.3) is 0 Å². The van der Waals surface area contributed by atoms with E-state index in [1.807, 2.05) is 25.1 Å². The molecule has 17 heavy (non-hydrogen) atoms. The lowest BCUT2D eigenvalue weighted by atomic mass is 10.1. The quantitative estimate of drug-likeness (QED) is 0.911. The zero-order valence-electron chi connectivity index (χ0n) is 9.83. The van der Waals surface area contributed by atoms with Gasteiger partial charge in [-0.1, -0.05) is 11.6 Å². The fourth-order valence-corrected chi connectivity index (χ4v) is 2.34. The van der Waals surface area contributed by atoms with Gasteiger partial charge in [0.25, 0.3) is 5.91 Å². The van der Waals surface area contributed by atoms with Gasteiger partial charge in [-0.05, 0) is 47.8 Å². The predicted octanol–water partition coefficient (Wildman–Crippen LogP) is 2.67. The van der Waals surface area contributed by atoms with Crippen molar-refractivity contribution in [2.24, 2.45) is 0 Å². The second-order valence-electron chi connectivity index (χ2n) is 4.34. The van der Waals surface area contributed by atoms with Crippen LogP contribution in [0.2, 0.25) is 0 Å². The summed E-state index contributed by atoms with van der Waals surface area (Å²) in [5.41, 5.74) is 1.79. The molecule has 0 unspecified atom stereocenters. The molecule has 0 bridgehead atoms. The van der Waals surface area contributed by atoms with Gasteiger partial charge < -0.3 is 10.1 Å².